The SMILES string of the molecule is COc1ccc(C(C(=O)N2CCN(c3ccccn3)CC2)C(C)C)cc1. The first kappa shape index (κ1) is 18.2. The minimum atomic E-state index is -0.123. The fraction of sp³-hybridized carbons (Fsp3) is 0.429. The van der Waals surface area contributed by atoms with Gasteiger partial charge in [0.2, 0.25) is 5.91 Å². The molecule has 1 amide bonds. The Kier molecular flexibility index (Phi) is 5.76. The average molecular weight is 353 g/mol. The number of hydrogen-bond donors (Lipinski definition) is 0. The molecule has 5 heteroatoms. The molecular weight excluding hydrogens is 326 g/mol. The zero-order valence-corrected chi connectivity index (χ0v) is 15.8. The summed E-state index contributed by atoms with van der Waals surface area (Å²) in [4.78, 5) is 21.8. The van der Waals surface area contributed by atoms with Gasteiger partial charge in [-0.3, -0.25) is 4.79 Å². The van der Waals surface area contributed by atoms with E-state index in [2.05, 4.69) is 23.7 Å². The van der Waals surface area contributed by atoms with Crippen LogP contribution in [0.25, 0.3) is 0 Å². The molecular formula is C21H27N3O2. The van der Waals surface area contributed by atoms with Gasteiger partial charge < -0.3 is 14.5 Å². The lowest BCUT2D eigenvalue weighted by molar-refractivity contribution is -0.134. The molecule has 0 saturated carbocycles. The van der Waals surface area contributed by atoms with Gasteiger partial charge in [-0.2, -0.15) is 0 Å². The van der Waals surface area contributed by atoms with Crippen molar-refractivity contribution in [2.45, 2.75) is 19.8 Å². The number of piperazine rings is 1. The zero-order valence-electron chi connectivity index (χ0n) is 15.8. The van der Waals surface area contributed by atoms with E-state index in [0.717, 1.165) is 43.3 Å². The van der Waals surface area contributed by atoms with Crippen LogP contribution < -0.4 is 9.64 Å². The number of anilines is 1. The fourth-order valence-corrected chi connectivity index (χ4v) is 3.52. The van der Waals surface area contributed by atoms with E-state index in [1.807, 2.05) is 53.6 Å². The number of pyridine rings is 1. The predicted octanol–water partition coefficient (Wildman–Crippen LogP) is 3.18. The third-order valence-corrected chi connectivity index (χ3v) is 4.97. The van der Waals surface area contributed by atoms with Gasteiger partial charge in [0.15, 0.2) is 0 Å². The quantitative estimate of drug-likeness (QED) is 0.828. The summed E-state index contributed by atoms with van der Waals surface area (Å²) in [6, 6.07) is 13.8. The summed E-state index contributed by atoms with van der Waals surface area (Å²) in [5.41, 5.74) is 1.05. The summed E-state index contributed by atoms with van der Waals surface area (Å²) in [6.07, 6.45) is 1.81. The highest BCUT2D eigenvalue weighted by atomic mass is 16.5. The monoisotopic (exact) mass is 353 g/mol. The summed E-state index contributed by atoms with van der Waals surface area (Å²) < 4.78 is 5.23. The van der Waals surface area contributed by atoms with E-state index in [0.29, 0.717) is 0 Å². The van der Waals surface area contributed by atoms with E-state index >= 15 is 0 Å². The van der Waals surface area contributed by atoms with Crippen molar-refractivity contribution in [2.75, 3.05) is 38.2 Å². The smallest absolute Gasteiger partial charge is 0.230 e. The van der Waals surface area contributed by atoms with Gasteiger partial charge in [-0.05, 0) is 35.7 Å². The van der Waals surface area contributed by atoms with Gasteiger partial charge in [-0.1, -0.05) is 32.0 Å². The number of hydrogen-bond acceptors (Lipinski definition) is 4. The summed E-state index contributed by atoms with van der Waals surface area (Å²) in [5.74, 6) is 2.13. The minimum absolute atomic E-state index is 0.123. The van der Waals surface area contributed by atoms with Crippen molar-refractivity contribution in [1.29, 1.82) is 0 Å². The minimum Gasteiger partial charge on any atom is -0.497 e. The molecule has 1 saturated heterocycles. The second-order valence-corrected chi connectivity index (χ2v) is 7.00. The van der Waals surface area contributed by atoms with Gasteiger partial charge in [0.1, 0.15) is 11.6 Å². The molecule has 26 heavy (non-hydrogen) atoms. The number of amides is 1. The molecule has 0 N–H and O–H groups in total. The maximum absolute atomic E-state index is 13.2. The number of methoxy groups -OCH3 is 1. The first-order chi connectivity index (χ1) is 12.6. The van der Waals surface area contributed by atoms with E-state index in [9.17, 15) is 4.79 Å². The lowest BCUT2D eigenvalue weighted by atomic mass is 9.87. The van der Waals surface area contributed by atoms with Crippen LogP contribution in [0.5, 0.6) is 5.75 Å². The second kappa shape index (κ2) is 8.21. The van der Waals surface area contributed by atoms with Crippen molar-refractivity contribution in [3.63, 3.8) is 0 Å². The summed E-state index contributed by atoms with van der Waals surface area (Å²) in [7, 11) is 1.65. The Hall–Kier alpha value is -2.56. The molecule has 0 spiro atoms. The van der Waals surface area contributed by atoms with Crippen LogP contribution in [0.2, 0.25) is 0 Å². The van der Waals surface area contributed by atoms with E-state index in [1.165, 1.54) is 0 Å². The van der Waals surface area contributed by atoms with Gasteiger partial charge >= 0.3 is 0 Å². The normalized spacial score (nSPS) is 15.8. The fourth-order valence-electron chi connectivity index (χ4n) is 3.52. The molecule has 1 fully saturated rings. The molecule has 0 aliphatic carbocycles. The Balaban J connectivity index is 1.68. The second-order valence-electron chi connectivity index (χ2n) is 7.00. The topological polar surface area (TPSA) is 45.7 Å². The van der Waals surface area contributed by atoms with E-state index in [1.54, 1.807) is 7.11 Å². The molecule has 0 bridgehead atoms. The Labute approximate surface area is 155 Å². The third kappa shape index (κ3) is 3.98. The van der Waals surface area contributed by atoms with Crippen molar-refractivity contribution in [3.8, 4) is 5.75 Å². The third-order valence-electron chi connectivity index (χ3n) is 4.97. The summed E-state index contributed by atoms with van der Waals surface area (Å²) in [6.45, 7) is 7.31. The highest BCUT2D eigenvalue weighted by Crippen LogP contribution is 2.29. The van der Waals surface area contributed by atoms with E-state index in [-0.39, 0.29) is 17.7 Å². The Morgan fingerprint density at radius 3 is 2.27 bits per heavy atom. The van der Waals surface area contributed by atoms with Crippen LogP contribution in [0.3, 0.4) is 0 Å². The molecule has 5 nitrogen and oxygen atoms in total. The van der Waals surface area contributed by atoms with Crippen LogP contribution in [0.1, 0.15) is 25.3 Å². The van der Waals surface area contributed by atoms with Crippen LogP contribution in [-0.2, 0) is 4.79 Å². The van der Waals surface area contributed by atoms with E-state index in [4.69, 9.17) is 4.74 Å². The lowest BCUT2D eigenvalue weighted by Gasteiger charge is -2.37. The number of nitrogens with zero attached hydrogens (tertiary/aromatic N) is 3. The van der Waals surface area contributed by atoms with Gasteiger partial charge in [0.25, 0.3) is 0 Å². The molecule has 2 aromatic rings. The van der Waals surface area contributed by atoms with Crippen LogP contribution in [0.4, 0.5) is 5.82 Å². The molecule has 1 aliphatic rings. The van der Waals surface area contributed by atoms with Crippen molar-refractivity contribution in [3.05, 3.63) is 54.2 Å². The van der Waals surface area contributed by atoms with Gasteiger partial charge in [0, 0.05) is 32.4 Å². The van der Waals surface area contributed by atoms with Crippen molar-refractivity contribution < 1.29 is 9.53 Å². The standard InChI is InChI=1S/C21H27N3O2/c1-16(2)20(17-7-9-18(26-3)10-8-17)21(25)24-14-12-23(13-15-24)19-6-4-5-11-22-19/h4-11,16,20H,12-15H2,1-3H3. The molecule has 3 rings (SSSR count). The maximum Gasteiger partial charge on any atom is 0.230 e. The molecule has 1 aromatic heterocycles. The first-order valence-corrected chi connectivity index (χ1v) is 9.19. The number of benzene rings is 1. The largest absolute Gasteiger partial charge is 0.497 e. The number of ether oxygens (including phenoxy) is 1. The Bertz CT molecular complexity index is 708. The lowest BCUT2D eigenvalue weighted by Crippen LogP contribution is -2.50. The Morgan fingerprint density at radius 2 is 1.73 bits per heavy atom. The molecule has 0 radical (unpaired) electrons. The molecule has 1 aliphatic heterocycles. The van der Waals surface area contributed by atoms with Crippen LogP contribution in [0.15, 0.2) is 48.7 Å². The average Bonchev–Trinajstić information content (AvgIpc) is 2.69. The first-order valence-electron chi connectivity index (χ1n) is 9.19. The zero-order chi connectivity index (χ0) is 18.5. The maximum atomic E-state index is 13.2. The number of carbonyl (C=O) groups is 1. The highest BCUT2D eigenvalue weighted by Gasteiger charge is 2.30. The molecule has 1 atom stereocenters. The van der Waals surface area contributed by atoms with E-state index < -0.39 is 0 Å². The number of aromatic nitrogens is 1. The summed E-state index contributed by atoms with van der Waals surface area (Å²) in [5, 5.41) is 0. The number of carbonyl (C=O) groups excluding carboxylic acids is 1. The molecule has 138 valence electrons. The van der Waals surface area contributed by atoms with Crippen LogP contribution in [-0.4, -0.2) is 49.1 Å². The Morgan fingerprint density at radius 1 is 1.04 bits per heavy atom. The summed E-state index contributed by atoms with van der Waals surface area (Å²) >= 11 is 0. The van der Waals surface area contributed by atoms with Crippen molar-refractivity contribution in [1.82, 2.24) is 9.88 Å². The van der Waals surface area contributed by atoms with Gasteiger partial charge in [-0.25, -0.2) is 4.98 Å². The van der Waals surface area contributed by atoms with Gasteiger partial charge in [0.05, 0.1) is 13.0 Å². The highest BCUT2D eigenvalue weighted by molar-refractivity contribution is 5.84. The van der Waals surface area contributed by atoms with Crippen molar-refractivity contribution >= 4 is 11.7 Å². The van der Waals surface area contributed by atoms with Gasteiger partial charge in [-0.15, -0.1) is 0 Å². The molecule has 1 aromatic carbocycles. The van der Waals surface area contributed by atoms with Crippen LogP contribution >= 0.6 is 0 Å². The molecule has 2 heterocycles. The van der Waals surface area contributed by atoms with Crippen molar-refractivity contribution in [2.24, 2.45) is 5.92 Å². The number of rotatable bonds is 5. The predicted molar refractivity (Wildman–Crippen MR) is 104 cm³/mol. The molecule has 1 unspecified atom stereocenters. The van der Waals surface area contributed by atoms with Crippen LogP contribution in [0, 0.1) is 5.92 Å².